The first-order valence-electron chi connectivity index (χ1n) is 24.3. The zero-order chi connectivity index (χ0) is 36.7. The van der Waals surface area contributed by atoms with E-state index in [0.29, 0.717) is 5.41 Å². The van der Waals surface area contributed by atoms with Gasteiger partial charge >= 0.3 is 0 Å². The normalized spacial score (nSPS) is 12.1. The second-order valence-electron chi connectivity index (χ2n) is 17.9. The predicted octanol–water partition coefficient (Wildman–Crippen LogP) is 14.7. The van der Waals surface area contributed by atoms with Crippen molar-refractivity contribution in [3.05, 3.63) is 0 Å². The van der Waals surface area contributed by atoms with E-state index in [1.54, 1.807) is 0 Å². The Morgan fingerprint density at radius 1 is 0.255 bits per heavy atom. The molecule has 0 aromatic heterocycles. The molecule has 0 fully saturated rings. The highest BCUT2D eigenvalue weighted by atomic mass is 35.5. The fourth-order valence-corrected chi connectivity index (χ4v) is 9.00. The Bertz CT molecular complexity index is 575. The zero-order valence-corrected chi connectivity index (χ0v) is 37.8. The van der Waals surface area contributed by atoms with Crippen LogP contribution in [0.1, 0.15) is 285 Å². The van der Waals surface area contributed by atoms with Crippen LogP contribution in [0.4, 0.5) is 0 Å². The first kappa shape index (κ1) is 53.4. The molecule has 0 rings (SSSR count). The van der Waals surface area contributed by atoms with Crippen molar-refractivity contribution in [2.45, 2.75) is 285 Å². The van der Waals surface area contributed by atoms with E-state index in [-0.39, 0.29) is 12.4 Å². The summed E-state index contributed by atoms with van der Waals surface area (Å²) in [4.78, 5) is 0. The predicted molar refractivity (Wildman–Crippen MR) is 232 cm³/mol. The molecular weight excluding hydrogens is 638 g/mol. The van der Waals surface area contributed by atoms with Crippen molar-refractivity contribution in [1.82, 2.24) is 0 Å². The zero-order valence-electron chi connectivity index (χ0n) is 37.0. The van der Waals surface area contributed by atoms with Crippen molar-refractivity contribution in [2.24, 2.45) is 5.41 Å². The van der Waals surface area contributed by atoms with Gasteiger partial charge in [0.2, 0.25) is 0 Å². The van der Waals surface area contributed by atoms with E-state index in [2.05, 4.69) is 41.7 Å². The molecule has 0 saturated heterocycles. The van der Waals surface area contributed by atoms with Crippen molar-refractivity contribution in [3.63, 3.8) is 0 Å². The van der Waals surface area contributed by atoms with Crippen LogP contribution >= 0.6 is 0 Å². The number of nitrogens with zero attached hydrogens (tertiary/aromatic N) is 1. The molecule has 310 valence electrons. The molecule has 0 aliphatic heterocycles. The highest BCUT2D eigenvalue weighted by Gasteiger charge is 2.28. The van der Waals surface area contributed by atoms with Gasteiger partial charge in [-0.1, -0.05) is 221 Å². The summed E-state index contributed by atoms with van der Waals surface area (Å²) in [6.45, 7) is 16.0. The molecule has 0 amide bonds. The lowest BCUT2D eigenvalue weighted by atomic mass is 9.70. The Kier molecular flexibility index (Phi) is 43.3. The molecule has 0 N–H and O–H groups in total. The number of quaternary nitrogens is 1. The van der Waals surface area contributed by atoms with Gasteiger partial charge in [-0.05, 0) is 69.6 Å². The van der Waals surface area contributed by atoms with E-state index in [1.165, 1.54) is 275 Å². The summed E-state index contributed by atoms with van der Waals surface area (Å²) in [5.74, 6) is 0. The van der Waals surface area contributed by atoms with Crippen LogP contribution in [0.5, 0.6) is 0 Å². The molecule has 2 heteroatoms. The van der Waals surface area contributed by atoms with Gasteiger partial charge in [-0.15, -0.1) is 0 Å². The summed E-state index contributed by atoms with van der Waals surface area (Å²) >= 11 is 0. The Morgan fingerprint density at radius 2 is 0.431 bits per heavy atom. The summed E-state index contributed by atoms with van der Waals surface area (Å²) in [7, 11) is 2.62. The van der Waals surface area contributed by atoms with Crippen LogP contribution in [-0.2, 0) is 0 Å². The minimum absolute atomic E-state index is 0. The van der Waals surface area contributed by atoms with Crippen molar-refractivity contribution in [1.29, 1.82) is 0 Å². The molecule has 0 atom stereocenters. The third kappa shape index (κ3) is 35.7. The molecule has 0 aliphatic rings. The second-order valence-corrected chi connectivity index (χ2v) is 17.9. The molecule has 0 bridgehead atoms. The van der Waals surface area contributed by atoms with Crippen LogP contribution in [0.15, 0.2) is 0 Å². The standard InChI is InChI=1S/C49H102N.ClH/c1-7-12-17-22-28-35-42-49(43-36-29-23-18-13-8-2,44-37-30-24-19-14-9-3)45-38-31-27-34-41-48-50(6,46-39-32-25-20-15-10-4)47-40-33-26-21-16-11-5;/h7-48H2,1-6H3;1H/q+1;/p-1. The lowest BCUT2D eigenvalue weighted by Gasteiger charge is -2.35. The third-order valence-corrected chi connectivity index (χ3v) is 12.7. The Labute approximate surface area is 332 Å². The summed E-state index contributed by atoms with van der Waals surface area (Å²) in [5.41, 5.74) is 0.657. The van der Waals surface area contributed by atoms with Crippen LogP contribution in [0.2, 0.25) is 0 Å². The summed E-state index contributed by atoms with van der Waals surface area (Å²) in [6, 6.07) is 0. The van der Waals surface area contributed by atoms with Crippen molar-refractivity contribution >= 4 is 0 Å². The highest BCUT2D eigenvalue weighted by molar-refractivity contribution is 4.80. The third-order valence-electron chi connectivity index (χ3n) is 12.7. The summed E-state index contributed by atoms with van der Waals surface area (Å²) in [6.07, 6.45) is 57.1. The number of unbranched alkanes of at least 4 members (excludes halogenated alkanes) is 29. The summed E-state index contributed by atoms with van der Waals surface area (Å²) < 4.78 is 1.36. The number of halogens is 1. The van der Waals surface area contributed by atoms with Gasteiger partial charge in [0.15, 0.2) is 0 Å². The fourth-order valence-electron chi connectivity index (χ4n) is 9.00. The first-order chi connectivity index (χ1) is 24.5. The largest absolute Gasteiger partial charge is 1.00 e. The molecule has 1 nitrogen and oxygen atoms in total. The van der Waals surface area contributed by atoms with Gasteiger partial charge in [-0.3, -0.25) is 0 Å². The summed E-state index contributed by atoms with van der Waals surface area (Å²) in [5, 5.41) is 0. The van der Waals surface area contributed by atoms with Crippen molar-refractivity contribution in [3.8, 4) is 0 Å². The van der Waals surface area contributed by atoms with Gasteiger partial charge in [0.25, 0.3) is 0 Å². The van der Waals surface area contributed by atoms with Gasteiger partial charge in [-0.25, -0.2) is 0 Å². The van der Waals surface area contributed by atoms with Crippen molar-refractivity contribution in [2.75, 3.05) is 26.7 Å². The van der Waals surface area contributed by atoms with E-state index in [4.69, 9.17) is 0 Å². The molecule has 0 saturated carbocycles. The van der Waals surface area contributed by atoms with E-state index in [9.17, 15) is 0 Å². The molecule has 0 aromatic carbocycles. The van der Waals surface area contributed by atoms with Gasteiger partial charge < -0.3 is 16.9 Å². The van der Waals surface area contributed by atoms with Crippen LogP contribution in [0.25, 0.3) is 0 Å². The molecule has 51 heavy (non-hydrogen) atoms. The fraction of sp³-hybridized carbons (Fsp3) is 1.00. The van der Waals surface area contributed by atoms with E-state index < -0.39 is 0 Å². The maximum absolute atomic E-state index is 2.62. The van der Waals surface area contributed by atoms with Crippen LogP contribution in [0.3, 0.4) is 0 Å². The molecule has 0 radical (unpaired) electrons. The lowest BCUT2D eigenvalue weighted by Crippen LogP contribution is -3.00. The number of hydrogen-bond acceptors (Lipinski definition) is 0. The van der Waals surface area contributed by atoms with E-state index in [0.717, 1.165) is 0 Å². The molecular formula is C49H102ClN. The van der Waals surface area contributed by atoms with E-state index in [1.807, 2.05) is 0 Å². The lowest BCUT2D eigenvalue weighted by molar-refractivity contribution is -0.910. The van der Waals surface area contributed by atoms with Gasteiger partial charge in [0.05, 0.1) is 26.7 Å². The Morgan fingerprint density at radius 3 is 0.647 bits per heavy atom. The van der Waals surface area contributed by atoms with Crippen LogP contribution in [-0.4, -0.2) is 31.2 Å². The number of hydrogen-bond donors (Lipinski definition) is 0. The van der Waals surface area contributed by atoms with Crippen molar-refractivity contribution < 1.29 is 16.9 Å². The van der Waals surface area contributed by atoms with Crippen LogP contribution < -0.4 is 12.4 Å². The highest BCUT2D eigenvalue weighted by Crippen LogP contribution is 2.42. The Hall–Kier alpha value is 0.250. The quantitative estimate of drug-likeness (QED) is 0.0431. The van der Waals surface area contributed by atoms with Crippen LogP contribution in [0, 0.1) is 5.41 Å². The first-order valence-corrected chi connectivity index (χ1v) is 24.3. The monoisotopic (exact) mass is 740 g/mol. The van der Waals surface area contributed by atoms with E-state index >= 15 is 0 Å². The molecule has 0 spiro atoms. The Balaban J connectivity index is 0. The molecule has 0 heterocycles. The second kappa shape index (κ2) is 41.4. The van der Waals surface area contributed by atoms with Gasteiger partial charge in [0.1, 0.15) is 0 Å². The minimum atomic E-state index is 0. The smallest absolute Gasteiger partial charge is 0.0784 e. The molecule has 0 unspecified atom stereocenters. The minimum Gasteiger partial charge on any atom is -1.00 e. The average molecular weight is 741 g/mol. The SMILES string of the molecule is CCCCCCCCC(CCCCCCCC)(CCCCCCCC)CCCCCCC[N+](C)(CCCCCCCC)CCCCCCCC.[Cl-]. The maximum Gasteiger partial charge on any atom is 0.0784 e. The molecule has 0 aromatic rings. The van der Waals surface area contributed by atoms with Gasteiger partial charge in [0, 0.05) is 0 Å². The maximum atomic E-state index is 2.62. The molecule has 0 aliphatic carbocycles. The van der Waals surface area contributed by atoms with Gasteiger partial charge in [-0.2, -0.15) is 0 Å². The number of rotatable bonds is 43. The average Bonchev–Trinajstić information content (AvgIpc) is 3.12. The topological polar surface area (TPSA) is 0 Å².